The number of hydrogen-bond acceptors (Lipinski definition) is 3. The molecule has 1 aromatic heterocycles. The predicted molar refractivity (Wildman–Crippen MR) is 108 cm³/mol. The van der Waals surface area contributed by atoms with Gasteiger partial charge in [-0.2, -0.15) is 0 Å². The van der Waals surface area contributed by atoms with Gasteiger partial charge in [-0.05, 0) is 55.8 Å². The number of fused-ring (bicyclic) bond motifs is 1. The van der Waals surface area contributed by atoms with Crippen LogP contribution in [0.25, 0.3) is 10.1 Å². The topological polar surface area (TPSA) is 58.2 Å². The highest BCUT2D eigenvalue weighted by atomic mass is 32.1. The van der Waals surface area contributed by atoms with Crippen molar-refractivity contribution in [3.63, 3.8) is 0 Å². The van der Waals surface area contributed by atoms with Crippen LogP contribution in [0.4, 0.5) is 5.69 Å². The molecule has 5 heteroatoms. The Morgan fingerprint density at radius 2 is 1.65 bits per heavy atom. The van der Waals surface area contributed by atoms with Crippen LogP contribution >= 0.6 is 11.3 Å². The van der Waals surface area contributed by atoms with Gasteiger partial charge in [-0.3, -0.25) is 9.59 Å². The molecule has 0 aliphatic rings. The summed E-state index contributed by atoms with van der Waals surface area (Å²) in [5.74, 6) is -0.441. The van der Waals surface area contributed by atoms with Crippen LogP contribution in [0.5, 0.6) is 0 Å². The third-order valence-corrected chi connectivity index (χ3v) is 5.67. The standard InChI is InChI=1S/C21H22N2O2S/c1-12-9-13(2)19(14(3)10-12)23-18(24)11-22-21(25)20-15(4)16-7-5-6-8-17(16)26-20/h5-10H,11H2,1-4H3,(H,22,25)(H,23,24). The third-order valence-electron chi connectivity index (χ3n) is 4.40. The van der Waals surface area contributed by atoms with E-state index in [4.69, 9.17) is 0 Å². The molecule has 3 aromatic rings. The molecule has 4 nitrogen and oxygen atoms in total. The Balaban J connectivity index is 1.67. The van der Waals surface area contributed by atoms with Crippen molar-refractivity contribution in [2.24, 2.45) is 0 Å². The van der Waals surface area contributed by atoms with Gasteiger partial charge in [0.05, 0.1) is 11.4 Å². The number of thiophene rings is 1. The molecule has 0 saturated heterocycles. The largest absolute Gasteiger partial charge is 0.342 e. The molecule has 0 aliphatic heterocycles. The van der Waals surface area contributed by atoms with Crippen molar-refractivity contribution >= 4 is 38.9 Å². The Morgan fingerprint density at radius 1 is 1.00 bits per heavy atom. The summed E-state index contributed by atoms with van der Waals surface area (Å²) >= 11 is 1.45. The maximum Gasteiger partial charge on any atom is 0.262 e. The third kappa shape index (κ3) is 3.63. The van der Waals surface area contributed by atoms with Gasteiger partial charge in [0, 0.05) is 10.4 Å². The summed E-state index contributed by atoms with van der Waals surface area (Å²) in [7, 11) is 0. The van der Waals surface area contributed by atoms with Gasteiger partial charge >= 0.3 is 0 Å². The van der Waals surface area contributed by atoms with E-state index in [1.54, 1.807) is 0 Å². The lowest BCUT2D eigenvalue weighted by Gasteiger charge is -2.13. The van der Waals surface area contributed by atoms with Crippen LogP contribution in [-0.2, 0) is 4.79 Å². The monoisotopic (exact) mass is 366 g/mol. The molecule has 0 fully saturated rings. The molecule has 1 heterocycles. The average molecular weight is 366 g/mol. The van der Waals surface area contributed by atoms with E-state index in [2.05, 4.69) is 10.6 Å². The number of aryl methyl sites for hydroxylation is 4. The van der Waals surface area contributed by atoms with Crippen molar-refractivity contribution in [2.75, 3.05) is 11.9 Å². The SMILES string of the molecule is Cc1cc(C)c(NC(=O)CNC(=O)c2sc3ccccc3c2C)c(C)c1. The van der Waals surface area contributed by atoms with E-state index < -0.39 is 0 Å². The van der Waals surface area contributed by atoms with E-state index in [1.165, 1.54) is 11.3 Å². The van der Waals surface area contributed by atoms with Gasteiger partial charge < -0.3 is 10.6 Å². The highest BCUT2D eigenvalue weighted by molar-refractivity contribution is 7.21. The number of amides is 2. The minimum atomic E-state index is -0.229. The average Bonchev–Trinajstić information content (AvgIpc) is 2.93. The first-order chi connectivity index (χ1) is 12.4. The molecule has 3 rings (SSSR count). The van der Waals surface area contributed by atoms with Crippen LogP contribution in [0.2, 0.25) is 0 Å². The second kappa shape index (κ2) is 7.30. The number of nitrogens with one attached hydrogen (secondary N) is 2. The second-order valence-electron chi connectivity index (χ2n) is 6.56. The lowest BCUT2D eigenvalue weighted by molar-refractivity contribution is -0.115. The first-order valence-corrected chi connectivity index (χ1v) is 9.32. The summed E-state index contributed by atoms with van der Waals surface area (Å²) in [4.78, 5) is 25.4. The maximum atomic E-state index is 12.5. The van der Waals surface area contributed by atoms with Crippen LogP contribution < -0.4 is 10.6 Å². The molecule has 26 heavy (non-hydrogen) atoms. The van der Waals surface area contributed by atoms with Crippen molar-refractivity contribution < 1.29 is 9.59 Å². The van der Waals surface area contributed by atoms with Crippen molar-refractivity contribution in [2.45, 2.75) is 27.7 Å². The lowest BCUT2D eigenvalue weighted by Crippen LogP contribution is -2.33. The molecular formula is C21H22N2O2S. The highest BCUT2D eigenvalue weighted by Crippen LogP contribution is 2.30. The molecule has 0 aliphatic carbocycles. The predicted octanol–water partition coefficient (Wildman–Crippen LogP) is 4.50. The van der Waals surface area contributed by atoms with E-state index >= 15 is 0 Å². The Morgan fingerprint density at radius 3 is 2.31 bits per heavy atom. The summed E-state index contributed by atoms with van der Waals surface area (Å²) in [5, 5.41) is 6.72. The molecule has 2 amide bonds. The number of anilines is 1. The zero-order valence-electron chi connectivity index (χ0n) is 15.4. The molecule has 0 unspecified atom stereocenters. The molecule has 134 valence electrons. The molecule has 2 N–H and O–H groups in total. The van der Waals surface area contributed by atoms with Crippen LogP contribution in [0.1, 0.15) is 31.9 Å². The summed E-state index contributed by atoms with van der Waals surface area (Å²) in [6, 6.07) is 12.0. The maximum absolute atomic E-state index is 12.5. The van der Waals surface area contributed by atoms with E-state index in [0.717, 1.165) is 38.0 Å². The minimum absolute atomic E-state index is 0.0563. The zero-order chi connectivity index (χ0) is 18.8. The minimum Gasteiger partial charge on any atom is -0.342 e. The second-order valence-corrected chi connectivity index (χ2v) is 7.61. The van der Waals surface area contributed by atoms with Crippen molar-refractivity contribution in [3.05, 3.63) is 63.5 Å². The van der Waals surface area contributed by atoms with Gasteiger partial charge in [-0.25, -0.2) is 0 Å². The number of carbonyl (C=O) groups excluding carboxylic acids is 2. The van der Waals surface area contributed by atoms with Gasteiger partial charge in [0.25, 0.3) is 5.91 Å². The Kier molecular flexibility index (Phi) is 5.09. The summed E-state index contributed by atoms with van der Waals surface area (Å²) < 4.78 is 1.07. The highest BCUT2D eigenvalue weighted by Gasteiger charge is 2.16. The number of hydrogen-bond donors (Lipinski definition) is 2. The van der Waals surface area contributed by atoms with Crippen molar-refractivity contribution in [1.82, 2.24) is 5.32 Å². The Hall–Kier alpha value is -2.66. The molecule has 0 spiro atoms. The van der Waals surface area contributed by atoms with E-state index in [9.17, 15) is 9.59 Å². The molecule has 0 saturated carbocycles. The Labute approximate surface area is 157 Å². The fourth-order valence-corrected chi connectivity index (χ4v) is 4.32. The van der Waals surface area contributed by atoms with E-state index in [1.807, 2.05) is 64.1 Å². The van der Waals surface area contributed by atoms with Crippen molar-refractivity contribution in [1.29, 1.82) is 0 Å². The van der Waals surface area contributed by atoms with E-state index in [0.29, 0.717) is 4.88 Å². The molecule has 0 atom stereocenters. The fourth-order valence-electron chi connectivity index (χ4n) is 3.19. The van der Waals surface area contributed by atoms with Gasteiger partial charge in [0.1, 0.15) is 0 Å². The number of benzene rings is 2. The lowest BCUT2D eigenvalue weighted by atomic mass is 10.1. The van der Waals surface area contributed by atoms with Gasteiger partial charge in [-0.15, -0.1) is 11.3 Å². The fraction of sp³-hybridized carbons (Fsp3) is 0.238. The molecule has 0 radical (unpaired) electrons. The summed E-state index contributed by atoms with van der Waals surface area (Å²) in [6.07, 6.45) is 0. The zero-order valence-corrected chi connectivity index (χ0v) is 16.2. The van der Waals surface area contributed by atoms with Crippen LogP contribution in [0, 0.1) is 27.7 Å². The van der Waals surface area contributed by atoms with Crippen LogP contribution in [0.3, 0.4) is 0 Å². The molecule has 0 bridgehead atoms. The normalized spacial score (nSPS) is 10.8. The van der Waals surface area contributed by atoms with Crippen LogP contribution in [-0.4, -0.2) is 18.4 Å². The van der Waals surface area contributed by atoms with Gasteiger partial charge in [0.15, 0.2) is 0 Å². The van der Waals surface area contributed by atoms with E-state index in [-0.39, 0.29) is 18.4 Å². The first-order valence-electron chi connectivity index (χ1n) is 8.51. The summed E-state index contributed by atoms with van der Waals surface area (Å²) in [6.45, 7) is 7.84. The Bertz CT molecular complexity index is 981. The van der Waals surface area contributed by atoms with Gasteiger partial charge in [-0.1, -0.05) is 35.9 Å². The number of rotatable bonds is 4. The van der Waals surface area contributed by atoms with Crippen LogP contribution in [0.15, 0.2) is 36.4 Å². The molecular weight excluding hydrogens is 344 g/mol. The van der Waals surface area contributed by atoms with Crippen molar-refractivity contribution in [3.8, 4) is 0 Å². The smallest absolute Gasteiger partial charge is 0.262 e. The number of carbonyl (C=O) groups is 2. The first kappa shape index (κ1) is 18.1. The van der Waals surface area contributed by atoms with Gasteiger partial charge in [0.2, 0.25) is 5.91 Å². The summed E-state index contributed by atoms with van der Waals surface area (Å²) in [5.41, 5.74) is 4.96. The molecule has 2 aromatic carbocycles. The quantitative estimate of drug-likeness (QED) is 0.714.